The maximum atomic E-state index is 2.36. The quantitative estimate of drug-likeness (QED) is 0.592. The minimum absolute atomic E-state index is 0.312. The summed E-state index contributed by atoms with van der Waals surface area (Å²) in [6.45, 7) is 18.6. The molecule has 0 N–H and O–H groups in total. The minimum atomic E-state index is 0.312. The van der Waals surface area contributed by atoms with E-state index in [1.54, 1.807) is 0 Å². The molecular formula is C19H32. The van der Waals surface area contributed by atoms with E-state index in [0.29, 0.717) is 22.7 Å². The Morgan fingerprint density at radius 1 is 0.789 bits per heavy atom. The fraction of sp³-hybridized carbons (Fsp3) is 0.684. The molecule has 0 heterocycles. The second-order valence-electron chi connectivity index (χ2n) is 8.50. The summed E-state index contributed by atoms with van der Waals surface area (Å²) in [6, 6.07) is 9.30. The zero-order valence-electron chi connectivity index (χ0n) is 14.2. The van der Waals surface area contributed by atoms with Crippen molar-refractivity contribution in [3.63, 3.8) is 0 Å². The highest BCUT2D eigenvalue weighted by atomic mass is 14.3. The molecule has 1 atom stereocenters. The Balaban J connectivity index is 3.05. The van der Waals surface area contributed by atoms with E-state index in [0.717, 1.165) is 0 Å². The maximum Gasteiger partial charge on any atom is -0.0108 e. The number of benzene rings is 1. The van der Waals surface area contributed by atoms with Crippen LogP contribution in [0.3, 0.4) is 0 Å². The number of hydrogen-bond acceptors (Lipinski definition) is 0. The van der Waals surface area contributed by atoms with Crippen LogP contribution in [0.2, 0.25) is 0 Å². The molecule has 0 saturated carbocycles. The largest absolute Gasteiger partial charge is 0.0602 e. The lowest BCUT2D eigenvalue weighted by atomic mass is 9.69. The van der Waals surface area contributed by atoms with E-state index < -0.39 is 0 Å². The monoisotopic (exact) mass is 260 g/mol. The first-order valence-corrected chi connectivity index (χ1v) is 7.60. The first-order chi connectivity index (χ1) is 8.50. The van der Waals surface area contributed by atoms with Gasteiger partial charge in [0.15, 0.2) is 0 Å². The number of rotatable bonds is 3. The first kappa shape index (κ1) is 16.3. The van der Waals surface area contributed by atoms with Crippen LogP contribution < -0.4 is 0 Å². The van der Waals surface area contributed by atoms with Crippen molar-refractivity contribution in [2.24, 2.45) is 10.8 Å². The molecule has 0 amide bonds. The van der Waals surface area contributed by atoms with Gasteiger partial charge in [-0.15, -0.1) is 0 Å². The van der Waals surface area contributed by atoms with Crippen molar-refractivity contribution >= 4 is 0 Å². The van der Waals surface area contributed by atoms with E-state index in [9.17, 15) is 0 Å². The molecule has 0 aromatic heterocycles. The molecule has 0 aliphatic heterocycles. The Morgan fingerprint density at radius 3 is 1.53 bits per heavy atom. The predicted molar refractivity (Wildman–Crippen MR) is 86.8 cm³/mol. The van der Waals surface area contributed by atoms with Gasteiger partial charge < -0.3 is 0 Å². The van der Waals surface area contributed by atoms with Gasteiger partial charge in [-0.2, -0.15) is 0 Å². The molecule has 0 bridgehead atoms. The number of hydrogen-bond donors (Lipinski definition) is 0. The van der Waals surface area contributed by atoms with Crippen LogP contribution in [0, 0.1) is 10.8 Å². The van der Waals surface area contributed by atoms with Crippen molar-refractivity contribution in [3.8, 4) is 0 Å². The Hall–Kier alpha value is -0.780. The third-order valence-electron chi connectivity index (χ3n) is 3.87. The highest BCUT2D eigenvalue weighted by molar-refractivity contribution is 5.28. The van der Waals surface area contributed by atoms with Gasteiger partial charge in [0.25, 0.3) is 0 Å². The van der Waals surface area contributed by atoms with E-state index >= 15 is 0 Å². The molecule has 1 aromatic rings. The van der Waals surface area contributed by atoms with Crippen molar-refractivity contribution in [1.29, 1.82) is 0 Å². The molecule has 0 aliphatic rings. The summed E-state index contributed by atoms with van der Waals surface area (Å²) in [5.74, 6) is 1.23. The molecule has 0 saturated heterocycles. The molecule has 0 nitrogen and oxygen atoms in total. The molecule has 0 spiro atoms. The standard InChI is InChI=1S/C19H32/c1-14(2)15-9-11-16(12-10-15)17(19(6,7)8)13-18(3,4)5/h9-12,14,17H,13H2,1-8H3. The zero-order chi connectivity index (χ0) is 14.8. The Labute approximate surface area is 120 Å². The fourth-order valence-corrected chi connectivity index (χ4v) is 2.65. The molecule has 0 radical (unpaired) electrons. The topological polar surface area (TPSA) is 0 Å². The van der Waals surface area contributed by atoms with Gasteiger partial charge in [0.2, 0.25) is 0 Å². The second kappa shape index (κ2) is 5.69. The van der Waals surface area contributed by atoms with Gasteiger partial charge in [-0.3, -0.25) is 0 Å². The van der Waals surface area contributed by atoms with Crippen LogP contribution in [0.15, 0.2) is 24.3 Å². The molecular weight excluding hydrogens is 228 g/mol. The Morgan fingerprint density at radius 2 is 1.21 bits per heavy atom. The van der Waals surface area contributed by atoms with Crippen molar-refractivity contribution < 1.29 is 0 Å². The summed E-state index contributed by atoms with van der Waals surface area (Å²) in [6.07, 6.45) is 1.23. The smallest absolute Gasteiger partial charge is 0.0108 e. The lowest BCUT2D eigenvalue weighted by Crippen LogP contribution is -2.23. The van der Waals surface area contributed by atoms with Crippen molar-refractivity contribution in [1.82, 2.24) is 0 Å². The minimum Gasteiger partial charge on any atom is -0.0602 e. The van der Waals surface area contributed by atoms with Crippen LogP contribution >= 0.6 is 0 Å². The van der Waals surface area contributed by atoms with Gasteiger partial charge in [0.05, 0.1) is 0 Å². The molecule has 0 heteroatoms. The van der Waals surface area contributed by atoms with Crippen molar-refractivity contribution in [3.05, 3.63) is 35.4 Å². The predicted octanol–water partition coefficient (Wildman–Crippen LogP) is 6.38. The van der Waals surface area contributed by atoms with Crippen LogP contribution in [0.5, 0.6) is 0 Å². The summed E-state index contributed by atoms with van der Waals surface area (Å²) in [5, 5.41) is 0. The van der Waals surface area contributed by atoms with E-state index in [2.05, 4.69) is 79.7 Å². The lowest BCUT2D eigenvalue weighted by molar-refractivity contribution is 0.229. The molecule has 0 aliphatic carbocycles. The van der Waals surface area contributed by atoms with E-state index in [-0.39, 0.29) is 0 Å². The fourth-order valence-electron chi connectivity index (χ4n) is 2.65. The van der Waals surface area contributed by atoms with Gasteiger partial charge >= 0.3 is 0 Å². The van der Waals surface area contributed by atoms with Gasteiger partial charge in [-0.25, -0.2) is 0 Å². The molecule has 1 rings (SSSR count). The average molecular weight is 260 g/mol. The van der Waals surface area contributed by atoms with E-state index in [4.69, 9.17) is 0 Å². The SMILES string of the molecule is CC(C)c1ccc(C(CC(C)(C)C)C(C)(C)C)cc1. The first-order valence-electron chi connectivity index (χ1n) is 7.60. The van der Waals surface area contributed by atoms with Gasteiger partial charge in [0.1, 0.15) is 0 Å². The third-order valence-corrected chi connectivity index (χ3v) is 3.87. The van der Waals surface area contributed by atoms with Crippen molar-refractivity contribution in [2.75, 3.05) is 0 Å². The summed E-state index contributed by atoms with van der Waals surface area (Å²) < 4.78 is 0. The summed E-state index contributed by atoms with van der Waals surface area (Å²) >= 11 is 0. The summed E-state index contributed by atoms with van der Waals surface area (Å²) in [7, 11) is 0. The summed E-state index contributed by atoms with van der Waals surface area (Å²) in [5.41, 5.74) is 3.61. The van der Waals surface area contributed by atoms with Crippen LogP contribution in [0.25, 0.3) is 0 Å². The van der Waals surface area contributed by atoms with Gasteiger partial charge in [-0.1, -0.05) is 79.7 Å². The zero-order valence-corrected chi connectivity index (χ0v) is 14.2. The normalized spacial score (nSPS) is 14.8. The molecule has 19 heavy (non-hydrogen) atoms. The van der Waals surface area contributed by atoms with Gasteiger partial charge in [0, 0.05) is 0 Å². The average Bonchev–Trinajstić information content (AvgIpc) is 2.23. The van der Waals surface area contributed by atoms with Crippen LogP contribution in [-0.4, -0.2) is 0 Å². The van der Waals surface area contributed by atoms with Crippen molar-refractivity contribution in [2.45, 2.75) is 73.6 Å². The maximum absolute atomic E-state index is 2.36. The van der Waals surface area contributed by atoms with E-state index in [1.165, 1.54) is 17.5 Å². The van der Waals surface area contributed by atoms with E-state index in [1.807, 2.05) is 0 Å². The third kappa shape index (κ3) is 5.01. The molecule has 1 unspecified atom stereocenters. The molecule has 0 fully saturated rings. The second-order valence-corrected chi connectivity index (χ2v) is 8.50. The highest BCUT2D eigenvalue weighted by Gasteiger charge is 2.30. The highest BCUT2D eigenvalue weighted by Crippen LogP contribution is 2.43. The Bertz CT molecular complexity index is 382. The molecule has 108 valence electrons. The van der Waals surface area contributed by atoms with Crippen LogP contribution in [0.4, 0.5) is 0 Å². The molecule has 1 aromatic carbocycles. The van der Waals surface area contributed by atoms with Crippen LogP contribution in [-0.2, 0) is 0 Å². The van der Waals surface area contributed by atoms with Crippen LogP contribution in [0.1, 0.15) is 84.8 Å². The van der Waals surface area contributed by atoms with Gasteiger partial charge in [-0.05, 0) is 40.2 Å². The Kier molecular flexibility index (Phi) is 4.87. The summed E-state index contributed by atoms with van der Waals surface area (Å²) in [4.78, 5) is 0. The lowest BCUT2D eigenvalue weighted by Gasteiger charge is -2.36.